The molecular weight excluding hydrogens is 504 g/mol. The molecule has 2 saturated carbocycles. The highest BCUT2D eigenvalue weighted by Gasteiger charge is 2.39. The van der Waals surface area contributed by atoms with E-state index in [0.29, 0.717) is 34.9 Å². The number of carbonyl (C=O) groups is 2. The fourth-order valence-electron chi connectivity index (χ4n) is 6.14. The van der Waals surface area contributed by atoms with Crippen molar-refractivity contribution in [2.75, 3.05) is 12.4 Å². The highest BCUT2D eigenvalue weighted by atomic mass is 19.2. The number of benzene rings is 2. The van der Waals surface area contributed by atoms with Crippen LogP contribution in [0.4, 0.5) is 14.5 Å². The van der Waals surface area contributed by atoms with E-state index in [4.69, 9.17) is 9.15 Å². The zero-order chi connectivity index (χ0) is 27.4. The summed E-state index contributed by atoms with van der Waals surface area (Å²) < 4.78 is 36.8. The Morgan fingerprint density at radius 2 is 1.67 bits per heavy atom. The largest absolute Gasteiger partial charge is 0.469 e. The van der Waals surface area contributed by atoms with Crippen molar-refractivity contribution in [3.63, 3.8) is 0 Å². The summed E-state index contributed by atoms with van der Waals surface area (Å²) in [6.45, 7) is 0. The summed E-state index contributed by atoms with van der Waals surface area (Å²) in [6, 6.07) is 11.4. The van der Waals surface area contributed by atoms with Gasteiger partial charge >= 0.3 is 17.8 Å². The molecule has 0 bridgehead atoms. The normalized spacial score (nSPS) is 22.9. The molecule has 39 heavy (non-hydrogen) atoms. The van der Waals surface area contributed by atoms with Crippen molar-refractivity contribution in [2.24, 2.45) is 11.3 Å². The molecule has 0 aliphatic heterocycles. The topological polar surface area (TPSA) is 94.3 Å². The zero-order valence-electron chi connectivity index (χ0n) is 22.1. The number of carbonyl (C=O) groups excluding carboxylic acids is 2. The van der Waals surface area contributed by atoms with Crippen LogP contribution < -0.4 is 5.32 Å². The molecule has 1 N–H and O–H groups in total. The van der Waals surface area contributed by atoms with Gasteiger partial charge in [0.15, 0.2) is 11.6 Å². The predicted octanol–water partition coefficient (Wildman–Crippen LogP) is 6.59. The summed E-state index contributed by atoms with van der Waals surface area (Å²) in [5, 5.41) is 10.4. The number of amides is 1. The van der Waals surface area contributed by atoms with Crippen LogP contribution in [-0.4, -0.2) is 29.2 Å². The lowest BCUT2D eigenvalue weighted by atomic mass is 9.60. The van der Waals surface area contributed by atoms with Crippen LogP contribution in [0.25, 0.3) is 0 Å². The van der Waals surface area contributed by atoms with Crippen LogP contribution in [0, 0.1) is 23.0 Å². The number of ether oxygens (including phenoxy) is 1. The van der Waals surface area contributed by atoms with Crippen molar-refractivity contribution in [1.82, 2.24) is 10.2 Å². The number of nitrogens with one attached hydrogen (secondary N) is 1. The molecule has 0 saturated heterocycles. The van der Waals surface area contributed by atoms with Crippen LogP contribution in [0.3, 0.4) is 0 Å². The van der Waals surface area contributed by atoms with Crippen molar-refractivity contribution in [2.45, 2.75) is 70.1 Å². The van der Waals surface area contributed by atoms with Gasteiger partial charge < -0.3 is 14.5 Å². The molecule has 1 spiro atoms. The molecule has 1 amide bonds. The van der Waals surface area contributed by atoms with E-state index in [0.717, 1.165) is 37.8 Å². The quantitative estimate of drug-likeness (QED) is 0.342. The first-order valence-electron chi connectivity index (χ1n) is 13.6. The van der Waals surface area contributed by atoms with E-state index in [1.807, 2.05) is 12.1 Å². The Labute approximate surface area is 226 Å². The first-order valence-corrected chi connectivity index (χ1v) is 13.6. The van der Waals surface area contributed by atoms with Crippen molar-refractivity contribution in [1.29, 1.82) is 0 Å². The fourth-order valence-corrected chi connectivity index (χ4v) is 6.14. The van der Waals surface area contributed by atoms with Crippen LogP contribution >= 0.6 is 0 Å². The summed E-state index contributed by atoms with van der Waals surface area (Å²) >= 11 is 0. The van der Waals surface area contributed by atoms with Gasteiger partial charge in [0.25, 0.3) is 0 Å². The van der Waals surface area contributed by atoms with Gasteiger partial charge in [-0.1, -0.05) is 18.2 Å². The highest BCUT2D eigenvalue weighted by molar-refractivity contribution is 6.00. The summed E-state index contributed by atoms with van der Waals surface area (Å²) in [6.07, 6.45) is 9.98. The number of hydrogen-bond donors (Lipinski definition) is 1. The van der Waals surface area contributed by atoms with E-state index in [1.165, 1.54) is 44.4 Å². The SMILES string of the molecule is COC(=O)CC1CCC2(CC1)CCC(c1ccc(NC(=O)c3nnc(Cc4ccc(F)c(F)c4)o3)cc1)CC2. The zero-order valence-corrected chi connectivity index (χ0v) is 22.1. The second-order valence-corrected chi connectivity index (χ2v) is 11.0. The summed E-state index contributed by atoms with van der Waals surface area (Å²) in [4.78, 5) is 24.2. The molecule has 206 valence electrons. The molecular formula is C30H33F2N3O4. The highest BCUT2D eigenvalue weighted by Crippen LogP contribution is 2.52. The van der Waals surface area contributed by atoms with Gasteiger partial charge in [-0.05, 0) is 104 Å². The number of aromatic nitrogens is 2. The van der Waals surface area contributed by atoms with Crippen molar-refractivity contribution in [3.8, 4) is 0 Å². The third-order valence-corrected chi connectivity index (χ3v) is 8.54. The predicted molar refractivity (Wildman–Crippen MR) is 140 cm³/mol. The van der Waals surface area contributed by atoms with Crippen LogP contribution in [-0.2, 0) is 16.0 Å². The van der Waals surface area contributed by atoms with Gasteiger partial charge in [-0.3, -0.25) is 9.59 Å². The molecule has 5 rings (SSSR count). The average Bonchev–Trinajstić information content (AvgIpc) is 3.42. The van der Waals surface area contributed by atoms with Crippen LogP contribution in [0.2, 0.25) is 0 Å². The Bertz CT molecular complexity index is 1310. The molecule has 7 nitrogen and oxygen atoms in total. The Kier molecular flexibility index (Phi) is 8.04. The van der Waals surface area contributed by atoms with Crippen LogP contribution in [0.1, 0.15) is 91.4 Å². The van der Waals surface area contributed by atoms with Crippen molar-refractivity contribution in [3.05, 3.63) is 77.0 Å². The lowest BCUT2D eigenvalue weighted by Gasteiger charge is -2.45. The van der Waals surface area contributed by atoms with Crippen molar-refractivity contribution < 1.29 is 27.5 Å². The smallest absolute Gasteiger partial charge is 0.313 e. The van der Waals surface area contributed by atoms with Crippen LogP contribution in [0.5, 0.6) is 0 Å². The number of rotatable bonds is 7. The van der Waals surface area contributed by atoms with E-state index < -0.39 is 17.5 Å². The number of hydrogen-bond acceptors (Lipinski definition) is 6. The molecule has 2 aromatic carbocycles. The van der Waals surface area contributed by atoms with Crippen molar-refractivity contribution >= 4 is 17.6 Å². The summed E-state index contributed by atoms with van der Waals surface area (Å²) in [5.41, 5.74) is 2.78. The maximum absolute atomic E-state index is 13.4. The number of anilines is 1. The average molecular weight is 538 g/mol. The minimum Gasteiger partial charge on any atom is -0.469 e. The minimum atomic E-state index is -0.958. The molecule has 1 heterocycles. The maximum Gasteiger partial charge on any atom is 0.313 e. The standard InChI is InChI=1S/C30H33F2N3O4/c1-38-27(36)18-19-8-12-30(13-9-19)14-10-22(11-15-30)21-3-5-23(6-4-21)33-28(37)29-35-34-26(39-29)17-20-2-7-24(31)25(32)16-20/h2-7,16,19,22H,8-15,17-18H2,1H3,(H,33,37). The molecule has 0 unspecified atom stereocenters. The summed E-state index contributed by atoms with van der Waals surface area (Å²) in [5.74, 6) is -1.62. The summed E-state index contributed by atoms with van der Waals surface area (Å²) in [7, 11) is 1.46. The Balaban J connectivity index is 1.11. The van der Waals surface area contributed by atoms with Gasteiger partial charge in [-0.15, -0.1) is 10.2 Å². The number of nitrogens with zero attached hydrogens (tertiary/aromatic N) is 2. The molecule has 2 aliphatic carbocycles. The second-order valence-electron chi connectivity index (χ2n) is 11.0. The van der Waals surface area contributed by atoms with E-state index in [-0.39, 0.29) is 24.2 Å². The first kappa shape index (κ1) is 27.0. The van der Waals surface area contributed by atoms with Gasteiger partial charge in [0.2, 0.25) is 5.89 Å². The second kappa shape index (κ2) is 11.6. The molecule has 1 aromatic heterocycles. The van der Waals surface area contributed by atoms with Gasteiger partial charge in [0.1, 0.15) is 0 Å². The van der Waals surface area contributed by atoms with Gasteiger partial charge in [-0.25, -0.2) is 8.78 Å². The Morgan fingerprint density at radius 3 is 2.33 bits per heavy atom. The molecule has 9 heteroatoms. The lowest BCUT2D eigenvalue weighted by molar-refractivity contribution is -0.142. The third kappa shape index (κ3) is 6.52. The minimum absolute atomic E-state index is 0.0862. The van der Waals surface area contributed by atoms with E-state index in [1.54, 1.807) is 0 Å². The van der Waals surface area contributed by atoms with E-state index in [9.17, 15) is 18.4 Å². The maximum atomic E-state index is 13.4. The van der Waals surface area contributed by atoms with Crippen LogP contribution in [0.15, 0.2) is 46.9 Å². The molecule has 3 aromatic rings. The number of halogens is 2. The number of esters is 1. The monoisotopic (exact) mass is 537 g/mol. The third-order valence-electron chi connectivity index (χ3n) is 8.54. The number of methoxy groups -OCH3 is 1. The van der Waals surface area contributed by atoms with E-state index in [2.05, 4.69) is 27.6 Å². The molecule has 0 radical (unpaired) electrons. The Hall–Kier alpha value is -3.62. The molecule has 0 atom stereocenters. The van der Waals surface area contributed by atoms with E-state index >= 15 is 0 Å². The van der Waals surface area contributed by atoms with Gasteiger partial charge in [-0.2, -0.15) is 0 Å². The molecule has 2 aliphatic rings. The lowest BCUT2D eigenvalue weighted by Crippen LogP contribution is -2.32. The fraction of sp³-hybridized carbons (Fsp3) is 0.467. The Morgan fingerprint density at radius 1 is 0.974 bits per heavy atom. The first-order chi connectivity index (χ1) is 18.8. The van der Waals surface area contributed by atoms with Gasteiger partial charge in [0.05, 0.1) is 13.5 Å². The van der Waals surface area contributed by atoms with Gasteiger partial charge in [0, 0.05) is 12.1 Å². The molecule has 2 fully saturated rings.